The van der Waals surface area contributed by atoms with Gasteiger partial charge in [0.25, 0.3) is 0 Å². The number of carbonyl (C=O) groups is 2. The summed E-state index contributed by atoms with van der Waals surface area (Å²) in [6.45, 7) is 5.21. The van der Waals surface area contributed by atoms with E-state index >= 15 is 0 Å². The summed E-state index contributed by atoms with van der Waals surface area (Å²) in [6, 6.07) is 6.09. The maximum atomic E-state index is 13.5. The van der Waals surface area contributed by atoms with E-state index in [9.17, 15) is 9.59 Å². The van der Waals surface area contributed by atoms with Gasteiger partial charge < -0.3 is 19.9 Å². The maximum Gasteiger partial charge on any atom is 0.317 e. The van der Waals surface area contributed by atoms with Crippen molar-refractivity contribution in [2.45, 2.75) is 51.9 Å². The van der Waals surface area contributed by atoms with E-state index in [1.807, 2.05) is 17.0 Å². The van der Waals surface area contributed by atoms with Crippen molar-refractivity contribution in [3.05, 3.63) is 29.3 Å². The number of aryl methyl sites for hydroxylation is 1. The average Bonchev–Trinajstić information content (AvgIpc) is 2.78. The van der Waals surface area contributed by atoms with Crippen LogP contribution in [0.5, 0.6) is 5.75 Å². The molecule has 0 radical (unpaired) electrons. The van der Waals surface area contributed by atoms with Gasteiger partial charge in [-0.1, -0.05) is 17.7 Å². The molecular weight excluding hydrogens is 402 g/mol. The van der Waals surface area contributed by atoms with Crippen molar-refractivity contribution in [3.8, 4) is 5.75 Å². The highest BCUT2D eigenvalue weighted by Crippen LogP contribution is 2.60. The Bertz CT molecular complexity index is 840. The Balaban J connectivity index is 1.11. The lowest BCUT2D eigenvalue weighted by molar-refractivity contribution is -0.159. The van der Waals surface area contributed by atoms with Crippen LogP contribution in [0.25, 0.3) is 0 Å². The van der Waals surface area contributed by atoms with Crippen LogP contribution in [-0.2, 0) is 11.2 Å². The first-order valence-electron chi connectivity index (χ1n) is 12.4. The van der Waals surface area contributed by atoms with Crippen LogP contribution in [0.4, 0.5) is 4.79 Å². The van der Waals surface area contributed by atoms with Crippen molar-refractivity contribution in [2.24, 2.45) is 23.2 Å². The number of piperazine rings is 1. The number of nitrogens with zero attached hydrogens (tertiary/aromatic N) is 2. The zero-order valence-electron chi connectivity index (χ0n) is 19.6. The molecule has 0 aromatic heterocycles. The van der Waals surface area contributed by atoms with E-state index in [2.05, 4.69) is 23.2 Å². The van der Waals surface area contributed by atoms with Gasteiger partial charge in [0.1, 0.15) is 5.75 Å². The predicted molar refractivity (Wildman–Crippen MR) is 124 cm³/mol. The second-order valence-corrected chi connectivity index (χ2v) is 10.8. The molecule has 1 N–H and O–H groups in total. The minimum Gasteiger partial charge on any atom is -0.496 e. The van der Waals surface area contributed by atoms with Crippen molar-refractivity contribution in [1.29, 1.82) is 0 Å². The molecule has 6 nitrogen and oxygen atoms in total. The molecule has 0 unspecified atom stereocenters. The lowest BCUT2D eigenvalue weighted by Gasteiger charge is -2.57. The van der Waals surface area contributed by atoms with Gasteiger partial charge in [-0.15, -0.1) is 0 Å². The number of methoxy groups -OCH3 is 1. The van der Waals surface area contributed by atoms with Crippen LogP contribution in [0.3, 0.4) is 0 Å². The number of hydrogen-bond donors (Lipinski definition) is 1. The molecular formula is C26H37N3O3. The molecule has 6 rings (SSSR count). The fourth-order valence-electron chi connectivity index (χ4n) is 7.34. The molecule has 4 aliphatic carbocycles. The Labute approximate surface area is 191 Å². The average molecular weight is 440 g/mol. The van der Waals surface area contributed by atoms with Crippen molar-refractivity contribution >= 4 is 11.9 Å². The number of rotatable bonds is 5. The Morgan fingerprint density at radius 3 is 2.19 bits per heavy atom. The number of ether oxygens (including phenoxy) is 1. The SMILES string of the molecule is COc1ccc(C)cc1CCNC(=O)N1CCN(C(=O)C23CC4CC(CC(C4)C2)C3)CC1. The molecule has 1 heterocycles. The third kappa shape index (κ3) is 4.08. The quantitative estimate of drug-likeness (QED) is 0.762. The van der Waals surface area contributed by atoms with E-state index in [0.29, 0.717) is 38.6 Å². The standard InChI is InChI=1S/C26H37N3O3/c1-18-3-4-23(32-2)22(11-18)5-6-27-25(31)29-9-7-28(8-10-29)24(30)26-15-19-12-20(16-26)14-21(13-19)17-26/h3-4,11,19-21H,5-10,12-17H2,1-2H3,(H,27,31). The molecule has 174 valence electrons. The van der Waals surface area contributed by atoms with E-state index < -0.39 is 0 Å². The van der Waals surface area contributed by atoms with E-state index in [4.69, 9.17) is 4.74 Å². The highest BCUT2D eigenvalue weighted by atomic mass is 16.5. The highest BCUT2D eigenvalue weighted by molar-refractivity contribution is 5.84. The fraction of sp³-hybridized carbons (Fsp3) is 0.692. The summed E-state index contributed by atoms with van der Waals surface area (Å²) in [5, 5.41) is 3.05. The number of urea groups is 1. The summed E-state index contributed by atoms with van der Waals surface area (Å²) in [4.78, 5) is 30.2. The second kappa shape index (κ2) is 8.60. The Morgan fingerprint density at radius 1 is 1.00 bits per heavy atom. The number of benzene rings is 1. The Kier molecular flexibility index (Phi) is 5.81. The van der Waals surface area contributed by atoms with Crippen molar-refractivity contribution in [1.82, 2.24) is 15.1 Å². The van der Waals surface area contributed by atoms with Gasteiger partial charge in [0, 0.05) is 32.7 Å². The van der Waals surface area contributed by atoms with Gasteiger partial charge >= 0.3 is 6.03 Å². The summed E-state index contributed by atoms with van der Waals surface area (Å²) in [7, 11) is 1.68. The monoisotopic (exact) mass is 439 g/mol. The minimum atomic E-state index is -0.0773. The maximum absolute atomic E-state index is 13.5. The Morgan fingerprint density at radius 2 is 1.59 bits per heavy atom. The van der Waals surface area contributed by atoms with Crippen molar-refractivity contribution < 1.29 is 14.3 Å². The molecule has 4 saturated carbocycles. The molecule has 5 fully saturated rings. The largest absolute Gasteiger partial charge is 0.496 e. The zero-order chi connectivity index (χ0) is 22.3. The molecule has 1 aromatic rings. The molecule has 1 saturated heterocycles. The molecule has 32 heavy (non-hydrogen) atoms. The zero-order valence-corrected chi connectivity index (χ0v) is 19.6. The van der Waals surface area contributed by atoms with Gasteiger partial charge in [-0.05, 0) is 81.3 Å². The summed E-state index contributed by atoms with van der Waals surface area (Å²) in [5.41, 5.74) is 2.22. The summed E-state index contributed by atoms with van der Waals surface area (Å²) in [5.74, 6) is 3.60. The first kappa shape index (κ1) is 21.6. The van der Waals surface area contributed by atoms with Crippen LogP contribution in [0, 0.1) is 30.1 Å². The molecule has 6 heteroatoms. The second-order valence-electron chi connectivity index (χ2n) is 10.8. The van der Waals surface area contributed by atoms with E-state index in [1.165, 1.54) is 24.8 Å². The number of nitrogens with one attached hydrogen (secondary N) is 1. The lowest BCUT2D eigenvalue weighted by atomic mass is 9.49. The number of amides is 3. The molecule has 4 bridgehead atoms. The summed E-state index contributed by atoms with van der Waals surface area (Å²) >= 11 is 0. The third-order valence-electron chi connectivity index (χ3n) is 8.45. The van der Waals surface area contributed by atoms with E-state index in [-0.39, 0.29) is 11.4 Å². The van der Waals surface area contributed by atoms with Gasteiger partial charge in [-0.25, -0.2) is 4.79 Å². The number of hydrogen-bond acceptors (Lipinski definition) is 3. The molecule has 3 amide bonds. The summed E-state index contributed by atoms with van der Waals surface area (Å²) in [6.07, 6.45) is 8.14. The summed E-state index contributed by atoms with van der Waals surface area (Å²) < 4.78 is 5.44. The van der Waals surface area contributed by atoms with Gasteiger partial charge in [0.05, 0.1) is 12.5 Å². The molecule has 0 spiro atoms. The van der Waals surface area contributed by atoms with Crippen LogP contribution < -0.4 is 10.1 Å². The topological polar surface area (TPSA) is 61.9 Å². The number of carbonyl (C=O) groups excluding carboxylic acids is 2. The normalized spacial score (nSPS) is 31.0. The first-order valence-corrected chi connectivity index (χ1v) is 12.4. The van der Waals surface area contributed by atoms with Crippen molar-refractivity contribution in [3.63, 3.8) is 0 Å². The van der Waals surface area contributed by atoms with Crippen LogP contribution in [0.1, 0.15) is 49.7 Å². The molecule has 1 aliphatic heterocycles. The van der Waals surface area contributed by atoms with Gasteiger partial charge in [0.2, 0.25) is 5.91 Å². The van der Waals surface area contributed by atoms with Gasteiger partial charge in [-0.3, -0.25) is 4.79 Å². The van der Waals surface area contributed by atoms with Crippen LogP contribution >= 0.6 is 0 Å². The van der Waals surface area contributed by atoms with Crippen LogP contribution in [0.2, 0.25) is 0 Å². The fourth-order valence-corrected chi connectivity index (χ4v) is 7.34. The lowest BCUT2D eigenvalue weighted by Crippen LogP contribution is -2.59. The highest BCUT2D eigenvalue weighted by Gasteiger charge is 2.55. The van der Waals surface area contributed by atoms with Crippen LogP contribution in [0.15, 0.2) is 18.2 Å². The third-order valence-corrected chi connectivity index (χ3v) is 8.45. The smallest absolute Gasteiger partial charge is 0.317 e. The molecule has 5 aliphatic rings. The van der Waals surface area contributed by atoms with E-state index in [0.717, 1.165) is 54.7 Å². The van der Waals surface area contributed by atoms with Gasteiger partial charge in [0.15, 0.2) is 0 Å². The first-order chi connectivity index (χ1) is 15.5. The van der Waals surface area contributed by atoms with E-state index in [1.54, 1.807) is 7.11 Å². The van der Waals surface area contributed by atoms with Gasteiger partial charge in [-0.2, -0.15) is 0 Å². The molecule has 1 aromatic carbocycles. The van der Waals surface area contributed by atoms with Crippen molar-refractivity contribution in [2.75, 3.05) is 39.8 Å². The predicted octanol–water partition coefficient (Wildman–Crippen LogP) is 3.62. The molecule has 0 atom stereocenters. The van der Waals surface area contributed by atoms with Crippen LogP contribution in [-0.4, -0.2) is 61.6 Å². The minimum absolute atomic E-state index is 0.0291. The Hall–Kier alpha value is -2.24.